The smallest absolute Gasteiger partial charge is 0.251 e. The summed E-state index contributed by atoms with van der Waals surface area (Å²) in [6.07, 6.45) is 2.79. The van der Waals surface area contributed by atoms with Gasteiger partial charge in [0.1, 0.15) is 5.82 Å². The number of amides is 1. The molecule has 1 saturated heterocycles. The van der Waals surface area contributed by atoms with Crippen LogP contribution in [0.1, 0.15) is 23.7 Å². The first-order chi connectivity index (χ1) is 13.8. The van der Waals surface area contributed by atoms with E-state index in [-0.39, 0.29) is 5.91 Å². The number of rotatable bonds is 5. The van der Waals surface area contributed by atoms with Crippen LogP contribution in [0.2, 0.25) is 0 Å². The molecule has 1 aliphatic rings. The van der Waals surface area contributed by atoms with E-state index in [2.05, 4.69) is 51.3 Å². The third kappa shape index (κ3) is 3.79. The molecule has 0 unspecified atom stereocenters. The monoisotopic (exact) mass is 374 g/mol. The number of aromatic nitrogens is 1. The van der Waals surface area contributed by atoms with E-state index >= 15 is 0 Å². The summed E-state index contributed by atoms with van der Waals surface area (Å²) in [7, 11) is 0. The number of hydrogen-bond donors (Lipinski definition) is 1. The van der Waals surface area contributed by atoms with E-state index in [1.807, 2.05) is 36.5 Å². The van der Waals surface area contributed by atoms with Gasteiger partial charge in [-0.15, -0.1) is 0 Å². The van der Waals surface area contributed by atoms with Gasteiger partial charge in [0.25, 0.3) is 5.91 Å². The van der Waals surface area contributed by atoms with Gasteiger partial charge < -0.3 is 15.1 Å². The molecule has 5 heteroatoms. The number of hydrogen-bond acceptors (Lipinski definition) is 4. The zero-order valence-electron chi connectivity index (χ0n) is 16.3. The summed E-state index contributed by atoms with van der Waals surface area (Å²) in [4.78, 5) is 21.8. The number of anilines is 2. The number of pyridine rings is 1. The summed E-state index contributed by atoms with van der Waals surface area (Å²) >= 11 is 0. The first kappa shape index (κ1) is 18.3. The van der Waals surface area contributed by atoms with Gasteiger partial charge in [-0.3, -0.25) is 4.79 Å². The average Bonchev–Trinajstić information content (AvgIpc) is 2.77. The maximum atomic E-state index is 12.4. The van der Waals surface area contributed by atoms with Gasteiger partial charge in [-0.05, 0) is 42.1 Å². The van der Waals surface area contributed by atoms with Gasteiger partial charge in [0.2, 0.25) is 0 Å². The molecule has 0 radical (unpaired) electrons. The van der Waals surface area contributed by atoms with E-state index in [9.17, 15) is 4.79 Å². The Balaban J connectivity index is 1.56. The van der Waals surface area contributed by atoms with E-state index in [0.717, 1.165) is 49.2 Å². The molecule has 1 aromatic heterocycles. The van der Waals surface area contributed by atoms with Crippen LogP contribution >= 0.6 is 0 Å². The quantitative estimate of drug-likeness (QED) is 0.740. The Kier molecular flexibility index (Phi) is 5.42. The lowest BCUT2D eigenvalue weighted by atomic mass is 10.1. The van der Waals surface area contributed by atoms with Crippen molar-refractivity contribution in [2.24, 2.45) is 0 Å². The van der Waals surface area contributed by atoms with Crippen molar-refractivity contribution in [2.75, 3.05) is 42.5 Å². The van der Waals surface area contributed by atoms with Crippen LogP contribution in [-0.2, 0) is 0 Å². The summed E-state index contributed by atoms with van der Waals surface area (Å²) in [6.45, 7) is 6.48. The number of nitrogens with zero attached hydrogens (tertiary/aromatic N) is 3. The van der Waals surface area contributed by atoms with E-state index < -0.39 is 0 Å². The fourth-order valence-corrected chi connectivity index (χ4v) is 3.70. The highest BCUT2D eigenvalue weighted by Crippen LogP contribution is 2.27. The van der Waals surface area contributed by atoms with Crippen LogP contribution in [0.15, 0.2) is 60.8 Å². The SMILES string of the molecule is CCCNC(=O)c1ccc2ccnc(N3CCN(c4ccccc4)CC3)c2c1. The highest BCUT2D eigenvalue weighted by molar-refractivity contribution is 6.01. The van der Waals surface area contributed by atoms with Gasteiger partial charge in [0.15, 0.2) is 0 Å². The number of piperazine rings is 1. The molecule has 1 aliphatic heterocycles. The Labute approximate surface area is 166 Å². The molecule has 28 heavy (non-hydrogen) atoms. The largest absolute Gasteiger partial charge is 0.368 e. The minimum absolute atomic E-state index is 0.0209. The predicted molar refractivity (Wildman–Crippen MR) is 115 cm³/mol. The molecule has 144 valence electrons. The molecule has 2 heterocycles. The zero-order chi connectivity index (χ0) is 19.3. The molecule has 1 N–H and O–H groups in total. The van der Waals surface area contributed by atoms with Crippen molar-refractivity contribution < 1.29 is 4.79 Å². The summed E-state index contributed by atoms with van der Waals surface area (Å²) in [6, 6.07) is 18.4. The van der Waals surface area contributed by atoms with Crippen LogP contribution in [0.25, 0.3) is 10.8 Å². The minimum Gasteiger partial charge on any atom is -0.368 e. The standard InChI is InChI=1S/C23H26N4O/c1-2-11-25-23(28)19-9-8-18-10-12-24-22(21(18)17-19)27-15-13-26(14-16-27)20-6-4-3-5-7-20/h3-10,12,17H,2,11,13-16H2,1H3,(H,25,28). The van der Waals surface area contributed by atoms with Crippen molar-refractivity contribution in [3.63, 3.8) is 0 Å². The van der Waals surface area contributed by atoms with Crippen molar-refractivity contribution in [3.8, 4) is 0 Å². The number of para-hydroxylation sites is 1. The van der Waals surface area contributed by atoms with Crippen molar-refractivity contribution >= 4 is 28.2 Å². The summed E-state index contributed by atoms with van der Waals surface area (Å²) < 4.78 is 0. The molecule has 1 amide bonds. The molecule has 0 saturated carbocycles. The first-order valence-corrected chi connectivity index (χ1v) is 9.98. The lowest BCUT2D eigenvalue weighted by Gasteiger charge is -2.37. The number of nitrogens with one attached hydrogen (secondary N) is 1. The Morgan fingerprint density at radius 2 is 1.75 bits per heavy atom. The summed E-state index contributed by atoms with van der Waals surface area (Å²) in [5, 5.41) is 5.11. The zero-order valence-corrected chi connectivity index (χ0v) is 16.3. The molecule has 5 nitrogen and oxygen atoms in total. The van der Waals surface area contributed by atoms with Gasteiger partial charge in [0, 0.05) is 55.6 Å². The molecule has 1 fully saturated rings. The molecule has 3 aromatic rings. The fourth-order valence-electron chi connectivity index (χ4n) is 3.70. The van der Waals surface area contributed by atoms with Gasteiger partial charge in [-0.1, -0.05) is 31.2 Å². The molecule has 2 aromatic carbocycles. The normalized spacial score (nSPS) is 14.3. The van der Waals surface area contributed by atoms with Crippen molar-refractivity contribution in [3.05, 3.63) is 66.4 Å². The van der Waals surface area contributed by atoms with Crippen molar-refractivity contribution in [1.82, 2.24) is 10.3 Å². The third-order valence-electron chi connectivity index (χ3n) is 5.24. The second kappa shape index (κ2) is 8.30. The highest BCUT2D eigenvalue weighted by Gasteiger charge is 2.20. The summed E-state index contributed by atoms with van der Waals surface area (Å²) in [5.74, 6) is 0.947. The lowest BCUT2D eigenvalue weighted by Crippen LogP contribution is -2.46. The predicted octanol–water partition coefficient (Wildman–Crippen LogP) is 3.70. The Morgan fingerprint density at radius 1 is 1.00 bits per heavy atom. The van der Waals surface area contributed by atoms with Crippen LogP contribution in [0.4, 0.5) is 11.5 Å². The maximum absolute atomic E-state index is 12.4. The minimum atomic E-state index is -0.0209. The van der Waals surface area contributed by atoms with E-state index in [1.54, 1.807) is 0 Å². The highest BCUT2D eigenvalue weighted by atomic mass is 16.1. The lowest BCUT2D eigenvalue weighted by molar-refractivity contribution is 0.0954. The first-order valence-electron chi connectivity index (χ1n) is 9.98. The van der Waals surface area contributed by atoms with Gasteiger partial charge in [-0.25, -0.2) is 4.98 Å². The Hall–Kier alpha value is -3.08. The van der Waals surface area contributed by atoms with E-state index in [4.69, 9.17) is 0 Å². The maximum Gasteiger partial charge on any atom is 0.251 e. The van der Waals surface area contributed by atoms with E-state index in [0.29, 0.717) is 12.1 Å². The molecular weight excluding hydrogens is 348 g/mol. The summed E-state index contributed by atoms with van der Waals surface area (Å²) in [5.41, 5.74) is 1.96. The molecule has 0 spiro atoms. The number of carbonyl (C=O) groups excluding carboxylic acids is 1. The second-order valence-corrected chi connectivity index (χ2v) is 7.14. The molecule has 4 rings (SSSR count). The number of benzene rings is 2. The van der Waals surface area contributed by atoms with Crippen LogP contribution in [0, 0.1) is 0 Å². The van der Waals surface area contributed by atoms with Crippen LogP contribution in [-0.4, -0.2) is 43.6 Å². The average molecular weight is 374 g/mol. The Bertz CT molecular complexity index is 949. The molecule has 0 atom stereocenters. The van der Waals surface area contributed by atoms with Crippen LogP contribution < -0.4 is 15.1 Å². The number of fused-ring (bicyclic) bond motifs is 1. The van der Waals surface area contributed by atoms with Gasteiger partial charge in [-0.2, -0.15) is 0 Å². The topological polar surface area (TPSA) is 48.5 Å². The molecule has 0 bridgehead atoms. The van der Waals surface area contributed by atoms with Crippen LogP contribution in [0.5, 0.6) is 0 Å². The molecule has 0 aliphatic carbocycles. The number of carbonyl (C=O) groups is 1. The Morgan fingerprint density at radius 3 is 2.50 bits per heavy atom. The molecular formula is C23H26N4O. The van der Waals surface area contributed by atoms with E-state index in [1.165, 1.54) is 5.69 Å². The van der Waals surface area contributed by atoms with Gasteiger partial charge in [0.05, 0.1) is 0 Å². The van der Waals surface area contributed by atoms with Crippen molar-refractivity contribution in [2.45, 2.75) is 13.3 Å². The van der Waals surface area contributed by atoms with Crippen LogP contribution in [0.3, 0.4) is 0 Å². The van der Waals surface area contributed by atoms with Crippen molar-refractivity contribution in [1.29, 1.82) is 0 Å². The van der Waals surface area contributed by atoms with Gasteiger partial charge >= 0.3 is 0 Å². The third-order valence-corrected chi connectivity index (χ3v) is 5.24. The fraction of sp³-hybridized carbons (Fsp3) is 0.304. The second-order valence-electron chi connectivity index (χ2n) is 7.14.